The van der Waals surface area contributed by atoms with Gasteiger partial charge < -0.3 is 9.88 Å². The van der Waals surface area contributed by atoms with Crippen LogP contribution in [0.25, 0.3) is 0 Å². The number of rotatable bonds is 6. The Morgan fingerprint density at radius 2 is 2.11 bits per heavy atom. The molecule has 1 fully saturated rings. The molecule has 0 unspecified atom stereocenters. The van der Waals surface area contributed by atoms with Gasteiger partial charge in [-0.1, -0.05) is 33.1 Å². The summed E-state index contributed by atoms with van der Waals surface area (Å²) in [5.41, 5.74) is 0. The van der Waals surface area contributed by atoms with E-state index < -0.39 is 0 Å². The van der Waals surface area contributed by atoms with E-state index in [1.807, 2.05) is 6.20 Å². The number of nitrogens with one attached hydrogen (secondary N) is 1. The summed E-state index contributed by atoms with van der Waals surface area (Å²) < 4.78 is 2.36. The van der Waals surface area contributed by atoms with Crippen molar-refractivity contribution >= 4 is 5.95 Å². The third-order valence-corrected chi connectivity index (χ3v) is 3.88. The minimum atomic E-state index is 0.675. The van der Waals surface area contributed by atoms with Crippen LogP contribution >= 0.6 is 0 Å². The van der Waals surface area contributed by atoms with E-state index in [-0.39, 0.29) is 0 Å². The highest BCUT2D eigenvalue weighted by atomic mass is 15.2. The van der Waals surface area contributed by atoms with Crippen molar-refractivity contribution in [2.24, 2.45) is 5.92 Å². The molecule has 1 aliphatic rings. The largest absolute Gasteiger partial charge is 0.356 e. The van der Waals surface area contributed by atoms with Crippen LogP contribution in [-0.2, 0) is 0 Å². The molecule has 1 heterocycles. The Hall–Kier alpha value is -0.990. The first-order valence-electron chi connectivity index (χ1n) is 7.54. The van der Waals surface area contributed by atoms with Gasteiger partial charge in [-0.2, -0.15) is 0 Å². The predicted octanol–water partition coefficient (Wildman–Crippen LogP) is 4.24. The molecule has 102 valence electrons. The zero-order valence-electron chi connectivity index (χ0n) is 11.9. The molecule has 2 rings (SSSR count). The molecule has 1 N–H and O–H groups in total. The van der Waals surface area contributed by atoms with Crippen LogP contribution in [0.4, 0.5) is 5.95 Å². The molecule has 18 heavy (non-hydrogen) atoms. The summed E-state index contributed by atoms with van der Waals surface area (Å²) in [4.78, 5) is 4.46. The number of aromatic nitrogens is 2. The number of anilines is 1. The van der Waals surface area contributed by atoms with Gasteiger partial charge in [-0.15, -0.1) is 0 Å². The van der Waals surface area contributed by atoms with Crippen molar-refractivity contribution in [3.63, 3.8) is 0 Å². The zero-order chi connectivity index (χ0) is 12.8. The van der Waals surface area contributed by atoms with Crippen LogP contribution in [0.15, 0.2) is 12.4 Å². The Bertz CT molecular complexity index is 337. The minimum Gasteiger partial charge on any atom is -0.356 e. The zero-order valence-corrected chi connectivity index (χ0v) is 11.9. The summed E-state index contributed by atoms with van der Waals surface area (Å²) in [6.45, 7) is 5.61. The summed E-state index contributed by atoms with van der Waals surface area (Å²) in [6, 6.07) is 0.675. The Morgan fingerprint density at radius 1 is 1.33 bits per heavy atom. The van der Waals surface area contributed by atoms with Gasteiger partial charge >= 0.3 is 0 Å². The summed E-state index contributed by atoms with van der Waals surface area (Å²) >= 11 is 0. The standard InChI is InChI=1S/C15H27N3/c1-13(2)7-6-10-16-15-17-11-12-18(15)14-8-4-3-5-9-14/h11-14H,3-10H2,1-2H3,(H,16,17). The van der Waals surface area contributed by atoms with E-state index in [0.29, 0.717) is 6.04 Å². The third kappa shape index (κ3) is 3.76. The lowest BCUT2D eigenvalue weighted by Crippen LogP contribution is -2.16. The van der Waals surface area contributed by atoms with Crippen LogP contribution in [0.1, 0.15) is 64.8 Å². The van der Waals surface area contributed by atoms with Crippen molar-refractivity contribution < 1.29 is 0 Å². The normalized spacial score (nSPS) is 17.3. The van der Waals surface area contributed by atoms with Gasteiger partial charge in [0.05, 0.1) is 0 Å². The van der Waals surface area contributed by atoms with Gasteiger partial charge in [0.1, 0.15) is 0 Å². The van der Waals surface area contributed by atoms with E-state index in [2.05, 4.69) is 34.9 Å². The van der Waals surface area contributed by atoms with E-state index in [1.54, 1.807) is 0 Å². The smallest absolute Gasteiger partial charge is 0.203 e. The maximum Gasteiger partial charge on any atom is 0.203 e. The van der Waals surface area contributed by atoms with Gasteiger partial charge in [0.15, 0.2) is 0 Å². The first-order valence-corrected chi connectivity index (χ1v) is 7.54. The summed E-state index contributed by atoms with van der Waals surface area (Å²) in [5, 5.41) is 3.50. The van der Waals surface area contributed by atoms with Gasteiger partial charge in [-0.25, -0.2) is 4.98 Å². The Morgan fingerprint density at radius 3 is 2.83 bits per heavy atom. The van der Waals surface area contributed by atoms with Crippen LogP contribution in [0.2, 0.25) is 0 Å². The van der Waals surface area contributed by atoms with Crippen LogP contribution < -0.4 is 5.32 Å². The fourth-order valence-corrected chi connectivity index (χ4v) is 2.81. The van der Waals surface area contributed by atoms with Crippen molar-refractivity contribution in [1.29, 1.82) is 0 Å². The minimum absolute atomic E-state index is 0.675. The number of imidazole rings is 1. The fraction of sp³-hybridized carbons (Fsp3) is 0.800. The van der Waals surface area contributed by atoms with E-state index in [4.69, 9.17) is 0 Å². The highest BCUT2D eigenvalue weighted by Gasteiger charge is 2.17. The molecule has 0 aromatic carbocycles. The molecule has 3 nitrogen and oxygen atoms in total. The molecule has 0 saturated heterocycles. The van der Waals surface area contributed by atoms with Crippen molar-refractivity contribution in [3.05, 3.63) is 12.4 Å². The first kappa shape index (κ1) is 13.4. The average molecular weight is 249 g/mol. The second kappa shape index (κ2) is 6.81. The molecule has 1 aliphatic carbocycles. The second-order valence-corrected chi connectivity index (χ2v) is 5.91. The highest BCUT2D eigenvalue weighted by Crippen LogP contribution is 2.30. The Kier molecular flexibility index (Phi) is 5.09. The third-order valence-electron chi connectivity index (χ3n) is 3.88. The van der Waals surface area contributed by atoms with Crippen LogP contribution in [0.5, 0.6) is 0 Å². The van der Waals surface area contributed by atoms with Crippen LogP contribution in [-0.4, -0.2) is 16.1 Å². The molecule has 0 atom stereocenters. The van der Waals surface area contributed by atoms with E-state index in [0.717, 1.165) is 18.4 Å². The molecule has 0 aliphatic heterocycles. The molecule has 1 saturated carbocycles. The molecular weight excluding hydrogens is 222 g/mol. The monoisotopic (exact) mass is 249 g/mol. The van der Waals surface area contributed by atoms with Gasteiger partial charge in [-0.05, 0) is 31.6 Å². The number of hydrogen-bond donors (Lipinski definition) is 1. The Balaban J connectivity index is 1.83. The second-order valence-electron chi connectivity index (χ2n) is 5.91. The topological polar surface area (TPSA) is 29.9 Å². The summed E-state index contributed by atoms with van der Waals surface area (Å²) in [6.07, 6.45) is 13.4. The average Bonchev–Trinajstić information content (AvgIpc) is 2.84. The SMILES string of the molecule is CC(C)CCCNc1nccn1C1CCCCC1. The maximum absolute atomic E-state index is 4.46. The Labute approximate surface area is 111 Å². The van der Waals surface area contributed by atoms with Crippen molar-refractivity contribution in [2.75, 3.05) is 11.9 Å². The van der Waals surface area contributed by atoms with Gasteiger partial charge in [0.25, 0.3) is 0 Å². The maximum atomic E-state index is 4.46. The summed E-state index contributed by atoms with van der Waals surface area (Å²) in [7, 11) is 0. The fourth-order valence-electron chi connectivity index (χ4n) is 2.81. The van der Waals surface area contributed by atoms with E-state index in [1.165, 1.54) is 44.9 Å². The van der Waals surface area contributed by atoms with Gasteiger partial charge in [0, 0.05) is 25.0 Å². The molecule has 1 aromatic heterocycles. The lowest BCUT2D eigenvalue weighted by atomic mass is 9.95. The van der Waals surface area contributed by atoms with Gasteiger partial charge in [-0.3, -0.25) is 0 Å². The molecular formula is C15H27N3. The molecule has 0 bridgehead atoms. The quantitative estimate of drug-likeness (QED) is 0.764. The molecule has 3 heteroatoms. The highest BCUT2D eigenvalue weighted by molar-refractivity contribution is 5.26. The molecule has 0 spiro atoms. The summed E-state index contributed by atoms with van der Waals surface area (Å²) in [5.74, 6) is 1.87. The number of nitrogens with zero attached hydrogens (tertiary/aromatic N) is 2. The lowest BCUT2D eigenvalue weighted by Gasteiger charge is -2.24. The lowest BCUT2D eigenvalue weighted by molar-refractivity contribution is 0.355. The predicted molar refractivity (Wildman–Crippen MR) is 76.9 cm³/mol. The van der Waals surface area contributed by atoms with Crippen molar-refractivity contribution in [3.8, 4) is 0 Å². The van der Waals surface area contributed by atoms with Gasteiger partial charge in [0.2, 0.25) is 5.95 Å². The molecule has 1 aromatic rings. The van der Waals surface area contributed by atoms with E-state index >= 15 is 0 Å². The number of hydrogen-bond acceptors (Lipinski definition) is 2. The first-order chi connectivity index (χ1) is 8.77. The van der Waals surface area contributed by atoms with Crippen LogP contribution in [0, 0.1) is 5.92 Å². The molecule has 0 amide bonds. The molecule has 0 radical (unpaired) electrons. The van der Waals surface area contributed by atoms with Crippen LogP contribution in [0.3, 0.4) is 0 Å². The van der Waals surface area contributed by atoms with E-state index in [9.17, 15) is 0 Å². The van der Waals surface area contributed by atoms with Crippen molar-refractivity contribution in [1.82, 2.24) is 9.55 Å². The van der Waals surface area contributed by atoms with Crippen molar-refractivity contribution in [2.45, 2.75) is 64.8 Å².